The molecule has 1 aromatic rings. The molecule has 1 saturated heterocycles. The van der Waals surface area contributed by atoms with Crippen molar-refractivity contribution < 1.29 is 14.3 Å². The molecule has 1 heterocycles. The number of hydrogen-bond donors (Lipinski definition) is 0. The van der Waals surface area contributed by atoms with Crippen molar-refractivity contribution in [3.8, 4) is 5.75 Å². The van der Waals surface area contributed by atoms with Crippen molar-refractivity contribution in [1.29, 1.82) is 0 Å². The van der Waals surface area contributed by atoms with Gasteiger partial charge >= 0.3 is 0 Å². The summed E-state index contributed by atoms with van der Waals surface area (Å²) in [4.78, 5) is 25.0. The molecule has 1 aliphatic rings. The number of likely N-dealkylation sites (tertiary alicyclic amines) is 1. The zero-order valence-electron chi connectivity index (χ0n) is 13.9. The molecule has 1 fully saturated rings. The van der Waals surface area contributed by atoms with E-state index in [-0.39, 0.29) is 11.0 Å². The molecule has 1 aromatic carbocycles. The molecule has 0 bridgehead atoms. The number of nitrogens with zero attached hydrogens (tertiary/aromatic N) is 1. The van der Waals surface area contributed by atoms with Gasteiger partial charge < -0.3 is 9.64 Å². The number of benzene rings is 1. The maximum Gasteiger partial charge on any atom is 0.222 e. The first-order valence-electron chi connectivity index (χ1n) is 8.21. The van der Waals surface area contributed by atoms with Gasteiger partial charge in [0.2, 0.25) is 5.91 Å². The molecule has 126 valence electrons. The van der Waals surface area contributed by atoms with Gasteiger partial charge in [-0.25, -0.2) is 0 Å². The van der Waals surface area contributed by atoms with Gasteiger partial charge in [-0.3, -0.25) is 9.59 Å². The van der Waals surface area contributed by atoms with Crippen LogP contribution in [0.2, 0.25) is 0 Å². The van der Waals surface area contributed by atoms with E-state index < -0.39 is 0 Å². The summed E-state index contributed by atoms with van der Waals surface area (Å²) in [5.74, 6) is 2.15. The highest BCUT2D eigenvalue weighted by atomic mass is 32.2. The second-order valence-corrected chi connectivity index (χ2v) is 7.16. The summed E-state index contributed by atoms with van der Waals surface area (Å²) in [7, 11) is 0. The van der Waals surface area contributed by atoms with Gasteiger partial charge in [0, 0.05) is 32.2 Å². The fourth-order valence-corrected chi connectivity index (χ4v) is 3.39. The maximum atomic E-state index is 12.1. The maximum absolute atomic E-state index is 12.1. The Morgan fingerprint density at radius 1 is 1.43 bits per heavy atom. The monoisotopic (exact) mass is 335 g/mol. The Hall–Kier alpha value is -1.49. The van der Waals surface area contributed by atoms with Gasteiger partial charge in [-0.05, 0) is 36.5 Å². The predicted molar refractivity (Wildman–Crippen MR) is 93.8 cm³/mol. The first-order valence-corrected chi connectivity index (χ1v) is 9.20. The SMILES string of the molecule is CCCOc1cccc(CCN2CC(CSC(C)=O)CC2=O)c1. The van der Waals surface area contributed by atoms with Gasteiger partial charge in [-0.2, -0.15) is 0 Å². The summed E-state index contributed by atoms with van der Waals surface area (Å²) in [6, 6.07) is 8.09. The number of carbonyl (C=O) groups is 2. The summed E-state index contributed by atoms with van der Waals surface area (Å²) >= 11 is 1.32. The number of thioether (sulfide) groups is 1. The average Bonchev–Trinajstić information content (AvgIpc) is 2.89. The Balaban J connectivity index is 1.81. The van der Waals surface area contributed by atoms with E-state index in [0.717, 1.165) is 44.0 Å². The topological polar surface area (TPSA) is 46.6 Å². The van der Waals surface area contributed by atoms with Crippen molar-refractivity contribution in [2.24, 2.45) is 5.92 Å². The Morgan fingerprint density at radius 3 is 3.00 bits per heavy atom. The molecule has 1 unspecified atom stereocenters. The third-order valence-electron chi connectivity index (χ3n) is 3.86. The molecule has 0 aromatic heterocycles. The second-order valence-electron chi connectivity index (χ2n) is 5.96. The molecule has 1 aliphatic heterocycles. The van der Waals surface area contributed by atoms with Crippen LogP contribution in [0.5, 0.6) is 5.75 Å². The Bertz CT molecular complexity index is 547. The first-order chi connectivity index (χ1) is 11.1. The van der Waals surface area contributed by atoms with E-state index >= 15 is 0 Å². The number of rotatable bonds is 8. The highest BCUT2D eigenvalue weighted by Crippen LogP contribution is 2.23. The van der Waals surface area contributed by atoms with Crippen LogP contribution in [0.1, 0.15) is 32.3 Å². The van der Waals surface area contributed by atoms with Gasteiger partial charge in [-0.15, -0.1) is 0 Å². The molecular formula is C18H25NO3S. The molecule has 0 saturated carbocycles. The normalized spacial score (nSPS) is 17.6. The summed E-state index contributed by atoms with van der Waals surface area (Å²) in [5, 5.41) is 0.125. The standard InChI is InChI=1S/C18H25NO3S/c1-3-9-22-17-6-4-5-15(10-17)7-8-19-12-16(11-18(19)21)13-23-14(2)20/h4-6,10,16H,3,7-9,11-13H2,1-2H3. The lowest BCUT2D eigenvalue weighted by Crippen LogP contribution is -2.27. The van der Waals surface area contributed by atoms with Crippen LogP contribution in [-0.4, -0.2) is 41.4 Å². The lowest BCUT2D eigenvalue weighted by atomic mass is 10.1. The Labute approximate surface area is 142 Å². The molecule has 1 amide bonds. The molecule has 0 aliphatic carbocycles. The summed E-state index contributed by atoms with van der Waals surface area (Å²) in [5.41, 5.74) is 1.19. The lowest BCUT2D eigenvalue weighted by molar-refractivity contribution is -0.127. The van der Waals surface area contributed by atoms with Crippen LogP contribution in [0.4, 0.5) is 0 Å². The summed E-state index contributed by atoms with van der Waals surface area (Å²) in [6.07, 6.45) is 2.40. The van der Waals surface area contributed by atoms with Crippen LogP contribution < -0.4 is 4.74 Å². The third-order valence-corrected chi connectivity index (χ3v) is 4.90. The molecule has 0 spiro atoms. The van der Waals surface area contributed by atoms with Crippen molar-refractivity contribution in [2.45, 2.75) is 33.1 Å². The van der Waals surface area contributed by atoms with Crippen molar-refractivity contribution in [3.63, 3.8) is 0 Å². The fraction of sp³-hybridized carbons (Fsp3) is 0.556. The van der Waals surface area contributed by atoms with Crippen molar-refractivity contribution in [3.05, 3.63) is 29.8 Å². The fourth-order valence-electron chi connectivity index (χ4n) is 2.69. The van der Waals surface area contributed by atoms with E-state index in [0.29, 0.717) is 12.3 Å². The molecule has 5 heteroatoms. The van der Waals surface area contributed by atoms with E-state index in [4.69, 9.17) is 4.74 Å². The van der Waals surface area contributed by atoms with Gasteiger partial charge in [0.05, 0.1) is 6.61 Å². The van der Waals surface area contributed by atoms with Crippen molar-refractivity contribution in [1.82, 2.24) is 4.90 Å². The third kappa shape index (κ3) is 5.90. The Morgan fingerprint density at radius 2 is 2.26 bits per heavy atom. The van der Waals surface area contributed by atoms with Gasteiger partial charge in [0.1, 0.15) is 5.75 Å². The van der Waals surface area contributed by atoms with E-state index in [1.54, 1.807) is 6.92 Å². The zero-order valence-corrected chi connectivity index (χ0v) is 14.7. The molecule has 2 rings (SSSR count). The van der Waals surface area contributed by atoms with E-state index in [1.165, 1.54) is 17.3 Å². The Kier molecular flexibility index (Phi) is 6.96. The quantitative estimate of drug-likeness (QED) is 0.732. The highest BCUT2D eigenvalue weighted by molar-refractivity contribution is 8.13. The molecule has 23 heavy (non-hydrogen) atoms. The van der Waals surface area contributed by atoms with Crippen LogP contribution >= 0.6 is 11.8 Å². The molecule has 0 radical (unpaired) electrons. The number of carbonyl (C=O) groups excluding carboxylic acids is 2. The minimum absolute atomic E-state index is 0.125. The average molecular weight is 335 g/mol. The number of hydrogen-bond acceptors (Lipinski definition) is 4. The van der Waals surface area contributed by atoms with E-state index in [2.05, 4.69) is 19.1 Å². The van der Waals surface area contributed by atoms with Gasteiger partial charge in [-0.1, -0.05) is 30.8 Å². The molecular weight excluding hydrogens is 310 g/mol. The van der Waals surface area contributed by atoms with Crippen LogP contribution in [0, 0.1) is 5.92 Å². The van der Waals surface area contributed by atoms with E-state index in [1.807, 2.05) is 17.0 Å². The summed E-state index contributed by atoms with van der Waals surface area (Å²) in [6.45, 7) is 5.89. The van der Waals surface area contributed by atoms with Crippen LogP contribution in [-0.2, 0) is 16.0 Å². The smallest absolute Gasteiger partial charge is 0.222 e. The highest BCUT2D eigenvalue weighted by Gasteiger charge is 2.29. The summed E-state index contributed by atoms with van der Waals surface area (Å²) < 4.78 is 5.64. The minimum atomic E-state index is 0.125. The molecule has 1 atom stereocenters. The van der Waals surface area contributed by atoms with Crippen LogP contribution in [0.3, 0.4) is 0 Å². The lowest BCUT2D eigenvalue weighted by Gasteiger charge is -2.17. The largest absolute Gasteiger partial charge is 0.494 e. The van der Waals surface area contributed by atoms with Crippen molar-refractivity contribution in [2.75, 3.05) is 25.4 Å². The second kappa shape index (κ2) is 8.96. The molecule has 4 nitrogen and oxygen atoms in total. The number of ether oxygens (including phenoxy) is 1. The van der Waals surface area contributed by atoms with Gasteiger partial charge in [0.15, 0.2) is 5.12 Å². The van der Waals surface area contributed by atoms with E-state index in [9.17, 15) is 9.59 Å². The van der Waals surface area contributed by atoms with Crippen LogP contribution in [0.25, 0.3) is 0 Å². The minimum Gasteiger partial charge on any atom is -0.494 e. The predicted octanol–water partition coefficient (Wildman–Crippen LogP) is 3.15. The van der Waals surface area contributed by atoms with Crippen LogP contribution in [0.15, 0.2) is 24.3 Å². The zero-order chi connectivity index (χ0) is 16.7. The number of amides is 1. The molecule has 0 N–H and O–H groups in total. The first kappa shape index (κ1) is 17.9. The van der Waals surface area contributed by atoms with Gasteiger partial charge in [0.25, 0.3) is 0 Å². The van der Waals surface area contributed by atoms with Crippen molar-refractivity contribution >= 4 is 22.8 Å².